The minimum Gasteiger partial charge on any atom is -0.494 e. The fourth-order valence-electron chi connectivity index (χ4n) is 3.05. The smallest absolute Gasteiger partial charge is 0.199 e. The highest BCUT2D eigenvalue weighted by atomic mass is 16.3. The van der Waals surface area contributed by atoms with Crippen molar-refractivity contribution < 1.29 is 5.11 Å². The molecule has 0 bridgehead atoms. The lowest BCUT2D eigenvalue weighted by atomic mass is 10.0. The largest absolute Gasteiger partial charge is 0.494 e. The summed E-state index contributed by atoms with van der Waals surface area (Å²) in [6, 6.07) is 23.4. The van der Waals surface area contributed by atoms with Gasteiger partial charge in [0.2, 0.25) is 0 Å². The lowest BCUT2D eigenvalue weighted by molar-refractivity contribution is 0.457. The van der Waals surface area contributed by atoms with Gasteiger partial charge in [-0.2, -0.15) is 0 Å². The van der Waals surface area contributed by atoms with Gasteiger partial charge in [0.1, 0.15) is 0 Å². The van der Waals surface area contributed by atoms with Gasteiger partial charge in [-0.3, -0.25) is 0 Å². The molecular formula is C22H19N3O. The molecule has 4 nitrogen and oxygen atoms in total. The van der Waals surface area contributed by atoms with Crippen LogP contribution in [0.4, 0.5) is 11.4 Å². The summed E-state index contributed by atoms with van der Waals surface area (Å²) in [5.74, 6) is 0.0836. The molecule has 0 atom stereocenters. The average molecular weight is 341 g/mol. The van der Waals surface area contributed by atoms with Crippen LogP contribution >= 0.6 is 0 Å². The molecule has 4 rings (SSSR count). The number of nitrogens with one attached hydrogen (secondary N) is 1. The number of benzene rings is 3. The van der Waals surface area contributed by atoms with Crippen molar-refractivity contribution in [3.63, 3.8) is 0 Å². The molecule has 4 N–H and O–H groups in total. The van der Waals surface area contributed by atoms with E-state index in [4.69, 9.17) is 10.7 Å². The Kier molecular flexibility index (Phi) is 3.93. The predicted molar refractivity (Wildman–Crippen MR) is 107 cm³/mol. The van der Waals surface area contributed by atoms with Gasteiger partial charge in [-0.05, 0) is 37.3 Å². The molecule has 0 saturated heterocycles. The highest BCUT2D eigenvalue weighted by Gasteiger charge is 2.18. The lowest BCUT2D eigenvalue weighted by Gasteiger charge is -2.08. The molecule has 0 radical (unpaired) electrons. The summed E-state index contributed by atoms with van der Waals surface area (Å²) in [6.07, 6.45) is 0. The Morgan fingerprint density at radius 2 is 1.69 bits per heavy atom. The summed E-state index contributed by atoms with van der Waals surface area (Å²) in [7, 11) is 0. The Morgan fingerprint density at radius 3 is 2.42 bits per heavy atom. The van der Waals surface area contributed by atoms with Gasteiger partial charge in [0.15, 0.2) is 5.88 Å². The number of aliphatic imine (C=N–C) groups is 1. The molecule has 0 saturated carbocycles. The van der Waals surface area contributed by atoms with Gasteiger partial charge in [0.05, 0.1) is 22.5 Å². The van der Waals surface area contributed by atoms with Crippen LogP contribution in [-0.2, 0) is 0 Å². The second kappa shape index (κ2) is 6.41. The standard InChI is InChI=1S/C22H19N3O/c1-14-7-10-17(11-8-14)24-21(15-5-3-2-4-6-15)20-18-12-9-16(23)13-19(18)25-22(20)26/h2-13,25-26H,23H2,1H3. The molecule has 26 heavy (non-hydrogen) atoms. The summed E-state index contributed by atoms with van der Waals surface area (Å²) in [4.78, 5) is 7.86. The van der Waals surface area contributed by atoms with E-state index >= 15 is 0 Å². The molecule has 0 fully saturated rings. The van der Waals surface area contributed by atoms with Crippen molar-refractivity contribution in [2.75, 3.05) is 5.73 Å². The first-order chi connectivity index (χ1) is 12.6. The third kappa shape index (κ3) is 2.93. The molecule has 4 aromatic rings. The van der Waals surface area contributed by atoms with E-state index in [0.717, 1.165) is 22.2 Å². The second-order valence-corrected chi connectivity index (χ2v) is 6.32. The molecule has 3 aromatic carbocycles. The van der Waals surface area contributed by atoms with E-state index in [9.17, 15) is 5.11 Å². The fourth-order valence-corrected chi connectivity index (χ4v) is 3.05. The molecule has 1 aromatic heterocycles. The summed E-state index contributed by atoms with van der Waals surface area (Å²) in [5.41, 5.74) is 11.6. The molecule has 0 aliphatic carbocycles. The molecule has 0 unspecified atom stereocenters. The Morgan fingerprint density at radius 1 is 0.962 bits per heavy atom. The van der Waals surface area contributed by atoms with Crippen molar-refractivity contribution in [3.05, 3.63) is 89.5 Å². The lowest BCUT2D eigenvalue weighted by Crippen LogP contribution is -2.02. The number of nitrogen functional groups attached to an aromatic ring is 1. The number of H-pyrrole nitrogens is 1. The molecule has 0 aliphatic heterocycles. The molecule has 4 heteroatoms. The van der Waals surface area contributed by atoms with Gasteiger partial charge >= 0.3 is 0 Å². The number of rotatable bonds is 3. The van der Waals surface area contributed by atoms with E-state index in [1.807, 2.05) is 79.7 Å². The zero-order valence-electron chi connectivity index (χ0n) is 14.4. The number of aryl methyl sites for hydroxylation is 1. The number of nitrogens with two attached hydrogens (primary N) is 1. The van der Waals surface area contributed by atoms with Crippen molar-refractivity contribution in [1.82, 2.24) is 4.98 Å². The molecule has 0 spiro atoms. The van der Waals surface area contributed by atoms with E-state index in [2.05, 4.69) is 4.98 Å². The van der Waals surface area contributed by atoms with Crippen LogP contribution in [0.5, 0.6) is 5.88 Å². The summed E-state index contributed by atoms with van der Waals surface area (Å²) >= 11 is 0. The van der Waals surface area contributed by atoms with Crippen molar-refractivity contribution in [1.29, 1.82) is 0 Å². The molecule has 1 heterocycles. The molecule has 0 amide bonds. The first kappa shape index (κ1) is 16.0. The zero-order chi connectivity index (χ0) is 18.1. The number of hydrogen-bond acceptors (Lipinski definition) is 3. The Hall–Kier alpha value is -3.53. The van der Waals surface area contributed by atoms with E-state index in [-0.39, 0.29) is 5.88 Å². The van der Waals surface area contributed by atoms with Crippen LogP contribution in [0.25, 0.3) is 10.9 Å². The first-order valence-electron chi connectivity index (χ1n) is 8.43. The number of aromatic hydroxyl groups is 1. The normalized spacial score (nSPS) is 11.8. The van der Waals surface area contributed by atoms with Crippen LogP contribution in [-0.4, -0.2) is 15.8 Å². The number of aromatic amines is 1. The van der Waals surface area contributed by atoms with Crippen LogP contribution < -0.4 is 5.73 Å². The summed E-state index contributed by atoms with van der Waals surface area (Å²) < 4.78 is 0. The zero-order valence-corrected chi connectivity index (χ0v) is 14.4. The summed E-state index contributed by atoms with van der Waals surface area (Å²) in [6.45, 7) is 2.04. The fraction of sp³-hybridized carbons (Fsp3) is 0.0455. The maximum absolute atomic E-state index is 10.6. The van der Waals surface area contributed by atoms with Gasteiger partial charge in [-0.25, -0.2) is 4.99 Å². The van der Waals surface area contributed by atoms with Gasteiger partial charge < -0.3 is 15.8 Å². The van der Waals surface area contributed by atoms with Crippen LogP contribution in [0.2, 0.25) is 0 Å². The SMILES string of the molecule is Cc1ccc(N=C(c2ccccc2)c2c(O)[nH]c3cc(N)ccc23)cc1. The quantitative estimate of drug-likeness (QED) is 0.365. The van der Waals surface area contributed by atoms with E-state index < -0.39 is 0 Å². The van der Waals surface area contributed by atoms with Gasteiger partial charge in [0.25, 0.3) is 0 Å². The number of hydrogen-bond donors (Lipinski definition) is 3. The Balaban J connectivity index is 1.97. The predicted octanol–water partition coefficient (Wildman–Crippen LogP) is 4.93. The maximum Gasteiger partial charge on any atom is 0.199 e. The Labute approximate surface area is 151 Å². The highest BCUT2D eigenvalue weighted by Crippen LogP contribution is 2.32. The van der Waals surface area contributed by atoms with Crippen LogP contribution in [0.15, 0.2) is 77.8 Å². The molecule has 0 aliphatic rings. The van der Waals surface area contributed by atoms with Gasteiger partial charge in [-0.1, -0.05) is 48.0 Å². The van der Waals surface area contributed by atoms with Crippen molar-refractivity contribution >= 4 is 28.0 Å². The monoisotopic (exact) mass is 341 g/mol. The molecule has 128 valence electrons. The number of nitrogens with zero attached hydrogens (tertiary/aromatic N) is 1. The van der Waals surface area contributed by atoms with Crippen LogP contribution in [0.1, 0.15) is 16.7 Å². The van der Waals surface area contributed by atoms with E-state index in [0.29, 0.717) is 17.0 Å². The van der Waals surface area contributed by atoms with Crippen molar-refractivity contribution in [3.8, 4) is 5.88 Å². The minimum atomic E-state index is 0.0836. The van der Waals surface area contributed by atoms with Crippen molar-refractivity contribution in [2.24, 2.45) is 4.99 Å². The number of anilines is 1. The van der Waals surface area contributed by atoms with E-state index in [1.165, 1.54) is 5.56 Å². The van der Waals surface area contributed by atoms with Crippen LogP contribution in [0.3, 0.4) is 0 Å². The third-order valence-electron chi connectivity index (χ3n) is 4.36. The highest BCUT2D eigenvalue weighted by molar-refractivity contribution is 6.22. The second-order valence-electron chi connectivity index (χ2n) is 6.32. The summed E-state index contributed by atoms with van der Waals surface area (Å²) in [5, 5.41) is 11.5. The average Bonchev–Trinajstić information content (AvgIpc) is 2.97. The van der Waals surface area contributed by atoms with Gasteiger partial charge in [-0.15, -0.1) is 0 Å². The maximum atomic E-state index is 10.6. The molecular weight excluding hydrogens is 322 g/mol. The number of fused-ring (bicyclic) bond motifs is 1. The van der Waals surface area contributed by atoms with Crippen molar-refractivity contribution in [2.45, 2.75) is 6.92 Å². The minimum absolute atomic E-state index is 0.0836. The van der Waals surface area contributed by atoms with E-state index in [1.54, 1.807) is 0 Å². The first-order valence-corrected chi connectivity index (χ1v) is 8.43. The Bertz CT molecular complexity index is 1090. The third-order valence-corrected chi connectivity index (χ3v) is 4.36. The van der Waals surface area contributed by atoms with Crippen LogP contribution in [0, 0.1) is 6.92 Å². The number of aromatic nitrogens is 1. The topological polar surface area (TPSA) is 74.4 Å². The van der Waals surface area contributed by atoms with Gasteiger partial charge in [0, 0.05) is 16.6 Å².